The molecule has 0 saturated carbocycles. The highest BCUT2D eigenvalue weighted by atomic mass is 16.7. The molecule has 0 spiro atoms. The fourth-order valence-corrected chi connectivity index (χ4v) is 1.27. The van der Waals surface area contributed by atoms with E-state index in [0.717, 1.165) is 5.69 Å². The number of nitrogens with one attached hydrogen (secondary N) is 1. The van der Waals surface area contributed by atoms with Gasteiger partial charge < -0.3 is 26.3 Å². The summed E-state index contributed by atoms with van der Waals surface area (Å²) in [7, 11) is 0. The van der Waals surface area contributed by atoms with Gasteiger partial charge in [0.25, 0.3) is 0 Å². The zero-order valence-corrected chi connectivity index (χ0v) is 9.68. The van der Waals surface area contributed by atoms with Gasteiger partial charge >= 0.3 is 6.09 Å². The van der Waals surface area contributed by atoms with E-state index in [0.29, 0.717) is 18.8 Å². The van der Waals surface area contributed by atoms with E-state index in [1.54, 1.807) is 6.92 Å². The minimum Gasteiger partial charge on any atom is -0.420 e. The molecule has 1 unspecified atom stereocenters. The molecule has 1 amide bonds. The number of nitrogen functional groups attached to an aromatic ring is 1. The molecule has 0 aromatic heterocycles. The first-order chi connectivity index (χ1) is 8.09. The van der Waals surface area contributed by atoms with E-state index in [-0.39, 0.29) is 0 Å². The van der Waals surface area contributed by atoms with Gasteiger partial charge in [0, 0.05) is 6.54 Å². The number of para-hydroxylation sites is 2. The smallest absolute Gasteiger partial charge is 0.406 e. The molecule has 5 N–H and O–H groups in total. The van der Waals surface area contributed by atoms with Crippen molar-refractivity contribution in [1.29, 1.82) is 0 Å². The van der Waals surface area contributed by atoms with Crippen LogP contribution >= 0.6 is 0 Å². The molecule has 0 fully saturated rings. The third-order valence-corrected chi connectivity index (χ3v) is 2.01. The molecule has 6 heteroatoms. The maximum Gasteiger partial charge on any atom is 0.406 e. The van der Waals surface area contributed by atoms with Gasteiger partial charge in [0.05, 0.1) is 18.0 Å². The second-order valence-corrected chi connectivity index (χ2v) is 3.39. The SMILES string of the molecule is CC(OCCNc1ccccc1N)OC(N)=O. The summed E-state index contributed by atoms with van der Waals surface area (Å²) in [6, 6.07) is 7.43. The summed E-state index contributed by atoms with van der Waals surface area (Å²) in [6.07, 6.45) is -1.50. The minimum atomic E-state index is -0.849. The summed E-state index contributed by atoms with van der Waals surface area (Å²) in [6.45, 7) is 2.53. The topological polar surface area (TPSA) is 99.6 Å². The van der Waals surface area contributed by atoms with Crippen LogP contribution in [0.5, 0.6) is 0 Å². The lowest BCUT2D eigenvalue weighted by Crippen LogP contribution is -2.24. The number of hydrogen-bond acceptors (Lipinski definition) is 5. The number of carbonyl (C=O) groups is 1. The first-order valence-electron chi connectivity index (χ1n) is 5.25. The highest BCUT2D eigenvalue weighted by Crippen LogP contribution is 2.15. The molecule has 94 valence electrons. The van der Waals surface area contributed by atoms with Crippen molar-refractivity contribution >= 4 is 17.5 Å². The number of hydrogen-bond donors (Lipinski definition) is 3. The molecular weight excluding hydrogens is 222 g/mol. The van der Waals surface area contributed by atoms with Crippen LogP contribution in [0.1, 0.15) is 6.92 Å². The molecule has 6 nitrogen and oxygen atoms in total. The molecule has 0 aliphatic carbocycles. The Kier molecular flexibility index (Phi) is 5.09. The highest BCUT2D eigenvalue weighted by Gasteiger charge is 2.05. The second-order valence-electron chi connectivity index (χ2n) is 3.39. The maximum atomic E-state index is 10.4. The van der Waals surface area contributed by atoms with Gasteiger partial charge in [-0.1, -0.05) is 12.1 Å². The molecule has 1 aromatic carbocycles. The zero-order valence-electron chi connectivity index (χ0n) is 9.68. The average molecular weight is 239 g/mol. The van der Waals surface area contributed by atoms with Crippen molar-refractivity contribution in [3.63, 3.8) is 0 Å². The number of primary amides is 1. The summed E-state index contributed by atoms with van der Waals surface area (Å²) < 4.78 is 9.78. The predicted octanol–water partition coefficient (Wildman–Crippen LogP) is 1.14. The van der Waals surface area contributed by atoms with Crippen LogP contribution in [0.15, 0.2) is 24.3 Å². The molecule has 0 radical (unpaired) electrons. The Morgan fingerprint density at radius 3 is 2.82 bits per heavy atom. The van der Waals surface area contributed by atoms with Gasteiger partial charge in [-0.05, 0) is 19.1 Å². The predicted molar refractivity (Wildman–Crippen MR) is 65.4 cm³/mol. The van der Waals surface area contributed by atoms with Crippen molar-refractivity contribution in [2.24, 2.45) is 5.73 Å². The van der Waals surface area contributed by atoms with Crippen molar-refractivity contribution in [3.8, 4) is 0 Å². The van der Waals surface area contributed by atoms with Crippen LogP contribution in [0, 0.1) is 0 Å². The van der Waals surface area contributed by atoms with E-state index in [1.807, 2.05) is 24.3 Å². The number of rotatable bonds is 6. The quantitative estimate of drug-likeness (QED) is 0.392. The molecule has 0 saturated heterocycles. The first-order valence-corrected chi connectivity index (χ1v) is 5.25. The molecule has 1 atom stereocenters. The molecule has 0 aliphatic heterocycles. The standard InChI is InChI=1S/C11H17N3O3/c1-8(17-11(13)15)16-7-6-14-10-5-3-2-4-9(10)12/h2-5,8,14H,6-7,12H2,1H3,(H2,13,15). The lowest BCUT2D eigenvalue weighted by atomic mass is 10.3. The van der Waals surface area contributed by atoms with Crippen molar-refractivity contribution in [2.45, 2.75) is 13.2 Å². The fraction of sp³-hybridized carbons (Fsp3) is 0.364. The van der Waals surface area contributed by atoms with Gasteiger partial charge in [0.15, 0.2) is 0 Å². The van der Waals surface area contributed by atoms with Gasteiger partial charge in [-0.15, -0.1) is 0 Å². The van der Waals surface area contributed by atoms with Crippen molar-refractivity contribution < 1.29 is 14.3 Å². The summed E-state index contributed by atoms with van der Waals surface area (Å²) in [5.74, 6) is 0. The summed E-state index contributed by atoms with van der Waals surface area (Å²) >= 11 is 0. The van der Waals surface area contributed by atoms with Gasteiger partial charge in [-0.2, -0.15) is 0 Å². The number of carbonyl (C=O) groups excluding carboxylic acids is 1. The first kappa shape index (κ1) is 13.1. The summed E-state index contributed by atoms with van der Waals surface area (Å²) in [5.41, 5.74) is 12.1. The Balaban J connectivity index is 2.20. The van der Waals surface area contributed by atoms with Gasteiger partial charge in [0.2, 0.25) is 6.29 Å². The van der Waals surface area contributed by atoms with E-state index >= 15 is 0 Å². The molecule has 0 aliphatic rings. The van der Waals surface area contributed by atoms with Crippen LogP contribution in [0.3, 0.4) is 0 Å². The summed E-state index contributed by atoms with van der Waals surface area (Å²) in [4.78, 5) is 10.4. The number of benzene rings is 1. The van der Waals surface area contributed by atoms with Gasteiger partial charge in [-0.3, -0.25) is 0 Å². The van der Waals surface area contributed by atoms with E-state index in [2.05, 4.69) is 10.1 Å². The average Bonchev–Trinajstić information content (AvgIpc) is 2.25. The number of nitrogens with two attached hydrogens (primary N) is 2. The molecular formula is C11H17N3O3. The van der Waals surface area contributed by atoms with Crippen LogP contribution in [-0.2, 0) is 9.47 Å². The highest BCUT2D eigenvalue weighted by molar-refractivity contribution is 5.65. The van der Waals surface area contributed by atoms with Crippen LogP contribution < -0.4 is 16.8 Å². The number of amides is 1. The van der Waals surface area contributed by atoms with E-state index in [1.165, 1.54) is 0 Å². The molecule has 0 bridgehead atoms. The van der Waals surface area contributed by atoms with Crippen LogP contribution in [0.25, 0.3) is 0 Å². The second kappa shape index (κ2) is 6.59. The fourth-order valence-electron chi connectivity index (χ4n) is 1.27. The maximum absolute atomic E-state index is 10.4. The Labute approximate surface area is 99.9 Å². The third kappa shape index (κ3) is 5.07. The molecule has 1 rings (SSSR count). The van der Waals surface area contributed by atoms with E-state index in [4.69, 9.17) is 16.2 Å². The number of ether oxygens (including phenoxy) is 2. The van der Waals surface area contributed by atoms with Crippen LogP contribution in [-0.4, -0.2) is 25.5 Å². The lowest BCUT2D eigenvalue weighted by Gasteiger charge is -2.13. The molecule has 0 heterocycles. The third-order valence-electron chi connectivity index (χ3n) is 2.01. The van der Waals surface area contributed by atoms with Crippen molar-refractivity contribution in [3.05, 3.63) is 24.3 Å². The minimum absolute atomic E-state index is 0.378. The Morgan fingerprint density at radius 2 is 2.18 bits per heavy atom. The largest absolute Gasteiger partial charge is 0.420 e. The summed E-state index contributed by atoms with van der Waals surface area (Å²) in [5, 5.41) is 3.10. The molecule has 1 aromatic rings. The van der Waals surface area contributed by atoms with Crippen LogP contribution in [0.2, 0.25) is 0 Å². The van der Waals surface area contributed by atoms with Crippen molar-refractivity contribution in [1.82, 2.24) is 0 Å². The van der Waals surface area contributed by atoms with E-state index < -0.39 is 12.4 Å². The Bertz CT molecular complexity index is 371. The van der Waals surface area contributed by atoms with Crippen molar-refractivity contribution in [2.75, 3.05) is 24.2 Å². The zero-order chi connectivity index (χ0) is 12.7. The number of anilines is 2. The normalized spacial score (nSPS) is 11.8. The van der Waals surface area contributed by atoms with Crippen LogP contribution in [0.4, 0.5) is 16.2 Å². The molecule has 17 heavy (non-hydrogen) atoms. The monoisotopic (exact) mass is 239 g/mol. The lowest BCUT2D eigenvalue weighted by molar-refractivity contribution is -0.0851. The Hall–Kier alpha value is -1.95. The van der Waals surface area contributed by atoms with Gasteiger partial charge in [-0.25, -0.2) is 4.79 Å². The van der Waals surface area contributed by atoms with E-state index in [9.17, 15) is 4.79 Å². The Morgan fingerprint density at radius 1 is 1.47 bits per heavy atom. The van der Waals surface area contributed by atoms with Gasteiger partial charge in [0.1, 0.15) is 0 Å².